The average molecular weight is 574 g/mol. The topological polar surface area (TPSA) is 173 Å². The summed E-state index contributed by atoms with van der Waals surface area (Å²) in [5, 5.41) is 18.6. The zero-order chi connectivity index (χ0) is 29.0. The Labute approximate surface area is 237 Å². The van der Waals surface area contributed by atoms with Gasteiger partial charge >= 0.3 is 6.03 Å². The van der Waals surface area contributed by atoms with E-state index in [0.717, 1.165) is 19.1 Å². The van der Waals surface area contributed by atoms with Crippen LogP contribution in [0.5, 0.6) is 0 Å². The summed E-state index contributed by atoms with van der Waals surface area (Å²) in [5.74, 6) is 0.0450. The van der Waals surface area contributed by atoms with E-state index < -0.39 is 27.3 Å². The molecule has 5 rings (SSSR count). The number of rotatable bonds is 8. The highest BCUT2D eigenvalue weighted by molar-refractivity contribution is 7.90. The Morgan fingerprint density at radius 2 is 1.59 bits per heavy atom. The third kappa shape index (κ3) is 5.97. The van der Waals surface area contributed by atoms with Crippen molar-refractivity contribution in [3.63, 3.8) is 0 Å². The molecule has 1 heterocycles. The van der Waals surface area contributed by atoms with Gasteiger partial charge in [-0.05, 0) is 70.5 Å². The number of amides is 3. The van der Waals surface area contributed by atoms with E-state index in [9.17, 15) is 18.0 Å². The van der Waals surface area contributed by atoms with Crippen molar-refractivity contribution >= 4 is 27.7 Å². The van der Waals surface area contributed by atoms with E-state index in [2.05, 4.69) is 43.4 Å². The van der Waals surface area contributed by atoms with Gasteiger partial charge < -0.3 is 11.1 Å². The Hall–Kier alpha value is -4.58. The minimum absolute atomic E-state index is 0.0273. The summed E-state index contributed by atoms with van der Waals surface area (Å²) in [7, 11) is -3.56. The van der Waals surface area contributed by atoms with Crippen molar-refractivity contribution in [2.45, 2.75) is 48.5 Å². The third-order valence-corrected chi connectivity index (χ3v) is 8.69. The monoisotopic (exact) mass is 573 g/mol. The molecule has 1 unspecified atom stereocenters. The summed E-state index contributed by atoms with van der Waals surface area (Å²) < 4.78 is 25.0. The molecule has 1 atom stereocenters. The van der Waals surface area contributed by atoms with E-state index >= 15 is 0 Å². The van der Waals surface area contributed by atoms with Gasteiger partial charge in [-0.2, -0.15) is 5.21 Å². The highest BCUT2D eigenvalue weighted by Gasteiger charge is 2.38. The smallest absolute Gasteiger partial charge is 0.313 e. The van der Waals surface area contributed by atoms with Crippen LogP contribution < -0.4 is 16.4 Å². The molecule has 41 heavy (non-hydrogen) atoms. The van der Waals surface area contributed by atoms with E-state index in [4.69, 9.17) is 5.73 Å². The first kappa shape index (κ1) is 28.0. The molecule has 0 aliphatic heterocycles. The van der Waals surface area contributed by atoms with E-state index in [1.807, 2.05) is 12.1 Å². The summed E-state index contributed by atoms with van der Waals surface area (Å²) >= 11 is 0. The Morgan fingerprint density at radius 1 is 0.927 bits per heavy atom. The number of H-pyrrole nitrogens is 1. The van der Waals surface area contributed by atoms with E-state index in [1.165, 1.54) is 37.0 Å². The number of hydrogen-bond acceptors (Lipinski definition) is 7. The second kappa shape index (κ2) is 11.5. The lowest BCUT2D eigenvalue weighted by molar-refractivity contribution is 0.102. The maximum absolute atomic E-state index is 12.7. The summed E-state index contributed by atoms with van der Waals surface area (Å²) in [6.07, 6.45) is 7.04. The molecule has 1 fully saturated rings. The number of primary amides is 1. The van der Waals surface area contributed by atoms with Gasteiger partial charge in [-0.1, -0.05) is 72.9 Å². The molecule has 0 bridgehead atoms. The Kier molecular flexibility index (Phi) is 7.84. The summed E-state index contributed by atoms with van der Waals surface area (Å²) in [5.41, 5.74) is 7.68. The number of hydrogen-bond donors (Lipinski definition) is 4. The van der Waals surface area contributed by atoms with Crippen molar-refractivity contribution in [2.24, 2.45) is 5.73 Å². The second-order valence-electron chi connectivity index (χ2n) is 10.3. The molecule has 0 radical (unpaired) electrons. The predicted octanol–water partition coefficient (Wildman–Crippen LogP) is 3.86. The van der Waals surface area contributed by atoms with Gasteiger partial charge in [0.15, 0.2) is 9.84 Å². The van der Waals surface area contributed by atoms with Gasteiger partial charge in [-0.15, -0.1) is 5.10 Å². The van der Waals surface area contributed by atoms with Gasteiger partial charge in [0.05, 0.1) is 4.90 Å². The Morgan fingerprint density at radius 3 is 2.17 bits per heavy atom. The number of aromatic nitrogens is 4. The number of carbonyl (C=O) groups excluding carboxylic acids is 2. The molecule has 3 amide bonds. The minimum Gasteiger partial charge on any atom is -0.352 e. The molecule has 12 heteroatoms. The lowest BCUT2D eigenvalue weighted by Crippen LogP contribution is -2.50. The van der Waals surface area contributed by atoms with Gasteiger partial charge in [0.2, 0.25) is 0 Å². The number of tetrazole rings is 1. The lowest BCUT2D eigenvalue weighted by Gasteiger charge is -2.37. The summed E-state index contributed by atoms with van der Waals surface area (Å²) in [6, 6.07) is 20.2. The van der Waals surface area contributed by atoms with Crippen molar-refractivity contribution in [2.75, 3.05) is 11.6 Å². The van der Waals surface area contributed by atoms with Crippen LogP contribution in [0.4, 0.5) is 10.7 Å². The minimum atomic E-state index is -3.56. The SMILES string of the molecule is CS(=O)(=O)c1cccc(C(NC(N)=O)(c2ccc(C(=O)Nc3nn[nH]n3)cc2)c2ccc(C3CCCCC3)cc2)c1. The molecule has 3 aromatic carbocycles. The first-order chi connectivity index (χ1) is 19.7. The first-order valence-electron chi connectivity index (χ1n) is 13.3. The van der Waals surface area contributed by atoms with Crippen molar-refractivity contribution in [1.29, 1.82) is 0 Å². The van der Waals surface area contributed by atoms with E-state index in [-0.39, 0.29) is 10.8 Å². The van der Waals surface area contributed by atoms with Gasteiger partial charge in [-0.3, -0.25) is 10.1 Å². The van der Waals surface area contributed by atoms with Crippen LogP contribution in [0, 0.1) is 0 Å². The van der Waals surface area contributed by atoms with Crippen molar-refractivity contribution in [3.05, 3.63) is 101 Å². The number of aromatic amines is 1. The maximum Gasteiger partial charge on any atom is 0.313 e. The number of nitrogens with zero attached hydrogens (tertiary/aromatic N) is 3. The normalized spacial score (nSPS) is 15.5. The van der Waals surface area contributed by atoms with E-state index in [1.54, 1.807) is 36.4 Å². The van der Waals surface area contributed by atoms with Crippen molar-refractivity contribution in [3.8, 4) is 0 Å². The highest BCUT2D eigenvalue weighted by Crippen LogP contribution is 2.40. The van der Waals surface area contributed by atoms with Crippen molar-refractivity contribution < 1.29 is 18.0 Å². The zero-order valence-electron chi connectivity index (χ0n) is 22.5. The van der Waals surface area contributed by atoms with E-state index in [0.29, 0.717) is 28.2 Å². The molecule has 1 aliphatic carbocycles. The number of sulfone groups is 1. The Bertz CT molecular complexity index is 1630. The maximum atomic E-state index is 12.7. The molecule has 212 valence electrons. The van der Waals surface area contributed by atoms with Crippen LogP contribution in [0.1, 0.15) is 70.6 Å². The van der Waals surface area contributed by atoms with Crippen LogP contribution in [0.3, 0.4) is 0 Å². The van der Waals surface area contributed by atoms with Crippen LogP contribution in [-0.2, 0) is 15.4 Å². The molecule has 0 spiro atoms. The number of anilines is 1. The first-order valence-corrected chi connectivity index (χ1v) is 15.2. The van der Waals surface area contributed by atoms with Crippen LogP contribution in [0.15, 0.2) is 77.7 Å². The molecule has 1 saturated carbocycles. The van der Waals surface area contributed by atoms with Crippen LogP contribution >= 0.6 is 0 Å². The fraction of sp³-hybridized carbons (Fsp3) is 0.276. The second-order valence-corrected chi connectivity index (χ2v) is 12.3. The number of nitrogens with one attached hydrogen (secondary N) is 3. The quantitative estimate of drug-likeness (QED) is 0.232. The van der Waals surface area contributed by atoms with Gasteiger partial charge in [-0.25, -0.2) is 13.2 Å². The molecule has 1 aliphatic rings. The summed E-state index contributed by atoms with van der Waals surface area (Å²) in [4.78, 5) is 25.4. The lowest BCUT2D eigenvalue weighted by atomic mass is 9.75. The molecule has 0 saturated heterocycles. The summed E-state index contributed by atoms with van der Waals surface area (Å²) in [6.45, 7) is 0. The third-order valence-electron chi connectivity index (χ3n) is 7.58. The standard InChI is InChI=1S/C29H31N7O4S/c1-41(39,40)25-9-5-8-24(18-25)29(32-27(30)38,22-14-10-20(11-15-22)19-6-3-2-4-7-19)23-16-12-21(13-17-23)26(37)31-28-33-35-36-34-28/h5,8-19H,2-4,6-7H2,1H3,(H3,30,32,38)(H2,31,33,34,35,36,37). The highest BCUT2D eigenvalue weighted by atomic mass is 32.2. The number of nitrogens with two attached hydrogens (primary N) is 1. The number of carbonyl (C=O) groups is 2. The fourth-order valence-corrected chi connectivity index (χ4v) is 6.23. The molecule has 4 aromatic rings. The molecule has 1 aromatic heterocycles. The van der Waals surface area contributed by atoms with Crippen LogP contribution in [0.25, 0.3) is 0 Å². The predicted molar refractivity (Wildman–Crippen MR) is 153 cm³/mol. The Balaban J connectivity index is 1.63. The molecular formula is C29H31N7O4S. The molecule has 5 N–H and O–H groups in total. The fourth-order valence-electron chi connectivity index (χ4n) is 5.56. The molecular weight excluding hydrogens is 542 g/mol. The molecule has 11 nitrogen and oxygen atoms in total. The van der Waals surface area contributed by atoms with Crippen LogP contribution in [-0.4, -0.2) is 47.2 Å². The van der Waals surface area contributed by atoms with Crippen LogP contribution in [0.2, 0.25) is 0 Å². The zero-order valence-corrected chi connectivity index (χ0v) is 23.3. The number of benzene rings is 3. The van der Waals surface area contributed by atoms with Gasteiger partial charge in [0.25, 0.3) is 11.9 Å². The van der Waals surface area contributed by atoms with Gasteiger partial charge in [0, 0.05) is 11.8 Å². The largest absolute Gasteiger partial charge is 0.352 e. The number of urea groups is 1. The van der Waals surface area contributed by atoms with Gasteiger partial charge in [0.1, 0.15) is 5.54 Å². The average Bonchev–Trinajstić information content (AvgIpc) is 3.49. The van der Waals surface area contributed by atoms with Crippen molar-refractivity contribution in [1.82, 2.24) is 25.9 Å².